The van der Waals surface area contributed by atoms with Gasteiger partial charge < -0.3 is 19.5 Å². The van der Waals surface area contributed by atoms with E-state index in [0.29, 0.717) is 18.7 Å². The second-order valence-corrected chi connectivity index (χ2v) is 6.45. The van der Waals surface area contributed by atoms with E-state index in [1.165, 1.54) is 0 Å². The molecule has 142 valence electrons. The number of carbonyl (C=O) groups is 1. The number of nitrogens with one attached hydrogen (secondary N) is 1. The summed E-state index contributed by atoms with van der Waals surface area (Å²) in [5, 5.41) is 2.98. The molecule has 3 aromatic carbocycles. The highest BCUT2D eigenvalue weighted by molar-refractivity contribution is 5.82. The summed E-state index contributed by atoms with van der Waals surface area (Å²) >= 11 is 0. The Kier molecular flexibility index (Phi) is 5.43. The molecule has 1 aliphatic heterocycles. The monoisotopic (exact) mass is 375 g/mol. The van der Waals surface area contributed by atoms with Gasteiger partial charge in [-0.15, -0.1) is 0 Å². The molecule has 1 aliphatic rings. The Morgan fingerprint density at radius 1 is 0.929 bits per heavy atom. The van der Waals surface area contributed by atoms with E-state index in [1.54, 1.807) is 0 Å². The predicted octanol–water partition coefficient (Wildman–Crippen LogP) is 3.89. The van der Waals surface area contributed by atoms with Crippen molar-refractivity contribution in [2.75, 3.05) is 13.3 Å². The second-order valence-electron chi connectivity index (χ2n) is 6.45. The van der Waals surface area contributed by atoms with Gasteiger partial charge in [-0.1, -0.05) is 54.6 Å². The van der Waals surface area contributed by atoms with Crippen molar-refractivity contribution in [3.05, 3.63) is 90.0 Å². The van der Waals surface area contributed by atoms with Crippen LogP contribution in [0, 0.1) is 0 Å². The molecule has 0 aromatic heterocycles. The molecule has 1 N–H and O–H groups in total. The molecule has 5 heteroatoms. The van der Waals surface area contributed by atoms with Crippen molar-refractivity contribution in [2.45, 2.75) is 12.5 Å². The number of ether oxygens (including phenoxy) is 3. The molecule has 0 aliphatic carbocycles. The smallest absolute Gasteiger partial charge is 0.265 e. The van der Waals surface area contributed by atoms with Gasteiger partial charge in [0.2, 0.25) is 12.9 Å². The van der Waals surface area contributed by atoms with Gasteiger partial charge in [-0.3, -0.25) is 4.79 Å². The molecule has 0 fully saturated rings. The molecule has 0 spiro atoms. The maximum absolute atomic E-state index is 12.8. The lowest BCUT2D eigenvalue weighted by atomic mass is 10.1. The minimum absolute atomic E-state index is 0.171. The molecule has 0 saturated heterocycles. The Balaban J connectivity index is 1.40. The highest BCUT2D eigenvalue weighted by atomic mass is 16.7. The van der Waals surface area contributed by atoms with Gasteiger partial charge >= 0.3 is 0 Å². The third kappa shape index (κ3) is 4.26. The van der Waals surface area contributed by atoms with E-state index in [2.05, 4.69) is 5.32 Å². The van der Waals surface area contributed by atoms with Crippen molar-refractivity contribution in [3.8, 4) is 17.2 Å². The lowest BCUT2D eigenvalue weighted by Gasteiger charge is -2.19. The van der Waals surface area contributed by atoms with Crippen LogP contribution in [0.5, 0.6) is 17.2 Å². The fraction of sp³-hybridized carbons (Fsp3) is 0.174. The van der Waals surface area contributed by atoms with E-state index in [0.717, 1.165) is 22.6 Å². The number of para-hydroxylation sites is 1. The number of hydrogen-bond donors (Lipinski definition) is 1. The van der Waals surface area contributed by atoms with Gasteiger partial charge in [0.05, 0.1) is 0 Å². The molecule has 1 atom stereocenters. The largest absolute Gasteiger partial charge is 0.476 e. The highest BCUT2D eigenvalue weighted by Crippen LogP contribution is 2.32. The first kappa shape index (κ1) is 17.9. The molecule has 3 aromatic rings. The maximum Gasteiger partial charge on any atom is 0.265 e. The first-order valence-electron chi connectivity index (χ1n) is 9.22. The summed E-state index contributed by atoms with van der Waals surface area (Å²) in [4.78, 5) is 12.8. The van der Waals surface area contributed by atoms with Crippen molar-refractivity contribution >= 4 is 5.91 Å². The Morgan fingerprint density at radius 2 is 1.64 bits per heavy atom. The van der Waals surface area contributed by atoms with Gasteiger partial charge in [0.25, 0.3) is 5.91 Å². The van der Waals surface area contributed by atoms with E-state index in [-0.39, 0.29) is 12.7 Å². The fourth-order valence-electron chi connectivity index (χ4n) is 3.06. The molecule has 28 heavy (non-hydrogen) atoms. The van der Waals surface area contributed by atoms with Gasteiger partial charge in [0.1, 0.15) is 5.75 Å². The quantitative estimate of drug-likeness (QED) is 0.681. The van der Waals surface area contributed by atoms with Crippen LogP contribution in [0.4, 0.5) is 0 Å². The first-order valence-corrected chi connectivity index (χ1v) is 9.22. The zero-order chi connectivity index (χ0) is 19.2. The molecule has 1 amide bonds. The van der Waals surface area contributed by atoms with Crippen LogP contribution in [-0.4, -0.2) is 19.2 Å². The normalized spacial score (nSPS) is 13.0. The van der Waals surface area contributed by atoms with Crippen LogP contribution in [0.2, 0.25) is 0 Å². The summed E-state index contributed by atoms with van der Waals surface area (Å²) in [6.07, 6.45) is -0.0183. The summed E-state index contributed by atoms with van der Waals surface area (Å²) < 4.78 is 16.7. The molecule has 0 saturated carbocycles. The predicted molar refractivity (Wildman–Crippen MR) is 106 cm³/mol. The lowest BCUT2D eigenvalue weighted by Crippen LogP contribution is -2.33. The highest BCUT2D eigenvalue weighted by Gasteiger charge is 2.22. The minimum atomic E-state index is -0.708. The molecule has 4 rings (SSSR count). The third-order valence-corrected chi connectivity index (χ3v) is 4.49. The number of rotatable bonds is 7. The van der Waals surface area contributed by atoms with Crippen LogP contribution in [0.25, 0.3) is 0 Å². The summed E-state index contributed by atoms with van der Waals surface area (Å²) in [6.45, 7) is 0.755. The molecule has 5 nitrogen and oxygen atoms in total. The van der Waals surface area contributed by atoms with Gasteiger partial charge in [-0.05, 0) is 36.2 Å². The summed E-state index contributed by atoms with van der Waals surface area (Å²) in [7, 11) is 0. The SMILES string of the molecule is O=C(NCCc1ccc2c(c1)OCO2)[C@@H](Oc1ccccc1)c1ccccc1. The van der Waals surface area contributed by atoms with Crippen molar-refractivity contribution in [1.82, 2.24) is 5.32 Å². The van der Waals surface area contributed by atoms with E-state index in [4.69, 9.17) is 14.2 Å². The first-order chi connectivity index (χ1) is 13.8. The van der Waals surface area contributed by atoms with Crippen LogP contribution in [-0.2, 0) is 11.2 Å². The van der Waals surface area contributed by atoms with Gasteiger partial charge in [-0.2, -0.15) is 0 Å². The number of benzene rings is 3. The number of amides is 1. The van der Waals surface area contributed by atoms with Gasteiger partial charge in [0.15, 0.2) is 11.5 Å². The molecule has 0 radical (unpaired) electrons. The van der Waals surface area contributed by atoms with Gasteiger partial charge in [0, 0.05) is 12.1 Å². The van der Waals surface area contributed by atoms with Gasteiger partial charge in [-0.25, -0.2) is 0 Å². The van der Waals surface area contributed by atoms with Crippen LogP contribution in [0.3, 0.4) is 0 Å². The van der Waals surface area contributed by atoms with E-state index in [1.807, 2.05) is 78.9 Å². The average Bonchev–Trinajstić information content (AvgIpc) is 3.21. The van der Waals surface area contributed by atoms with E-state index < -0.39 is 6.10 Å². The molecule has 0 bridgehead atoms. The third-order valence-electron chi connectivity index (χ3n) is 4.49. The zero-order valence-corrected chi connectivity index (χ0v) is 15.3. The molecular weight excluding hydrogens is 354 g/mol. The Hall–Kier alpha value is -3.47. The zero-order valence-electron chi connectivity index (χ0n) is 15.3. The molecule has 1 heterocycles. The summed E-state index contributed by atoms with van der Waals surface area (Å²) in [5.41, 5.74) is 1.89. The topological polar surface area (TPSA) is 56.8 Å². The number of hydrogen-bond acceptors (Lipinski definition) is 4. The van der Waals surface area contributed by atoms with E-state index >= 15 is 0 Å². The average molecular weight is 375 g/mol. The molecule has 0 unspecified atom stereocenters. The lowest BCUT2D eigenvalue weighted by molar-refractivity contribution is -0.128. The standard InChI is InChI=1S/C23H21NO4/c25-23(24-14-13-17-11-12-20-21(15-17)27-16-26-20)22(18-7-3-1-4-8-18)28-19-9-5-2-6-10-19/h1-12,15,22H,13-14,16H2,(H,24,25)/t22-/m0/s1. The Labute approximate surface area is 163 Å². The summed E-state index contributed by atoms with van der Waals surface area (Å²) in [5.74, 6) is 1.99. The Morgan fingerprint density at radius 3 is 2.43 bits per heavy atom. The second kappa shape index (κ2) is 8.48. The summed E-state index contributed by atoms with van der Waals surface area (Å²) in [6, 6.07) is 24.7. The van der Waals surface area contributed by atoms with Crippen molar-refractivity contribution in [2.24, 2.45) is 0 Å². The van der Waals surface area contributed by atoms with Crippen LogP contribution in [0.15, 0.2) is 78.9 Å². The van der Waals surface area contributed by atoms with Crippen LogP contribution < -0.4 is 19.5 Å². The van der Waals surface area contributed by atoms with Crippen LogP contribution >= 0.6 is 0 Å². The Bertz CT molecular complexity index is 928. The molecular formula is C23H21NO4. The number of carbonyl (C=O) groups excluding carboxylic acids is 1. The maximum atomic E-state index is 12.8. The van der Waals surface area contributed by atoms with Crippen molar-refractivity contribution < 1.29 is 19.0 Å². The fourth-order valence-corrected chi connectivity index (χ4v) is 3.06. The van der Waals surface area contributed by atoms with E-state index in [9.17, 15) is 4.79 Å². The van der Waals surface area contributed by atoms with Crippen molar-refractivity contribution in [3.63, 3.8) is 0 Å². The van der Waals surface area contributed by atoms with Crippen molar-refractivity contribution in [1.29, 1.82) is 0 Å². The minimum Gasteiger partial charge on any atom is -0.476 e. The number of fused-ring (bicyclic) bond motifs is 1. The van der Waals surface area contributed by atoms with Crippen LogP contribution in [0.1, 0.15) is 17.2 Å².